The number of nitrogens with one attached hydrogen (secondary N) is 2. The highest BCUT2D eigenvalue weighted by Gasteiger charge is 2.19. The number of aromatic amines is 1. The van der Waals surface area contributed by atoms with Crippen molar-refractivity contribution in [3.05, 3.63) is 29.6 Å². The van der Waals surface area contributed by atoms with Crippen molar-refractivity contribution >= 4 is 17.7 Å². The molecule has 0 bridgehead atoms. The van der Waals surface area contributed by atoms with E-state index < -0.39 is 0 Å². The number of ether oxygens (including phenoxy) is 2. The summed E-state index contributed by atoms with van der Waals surface area (Å²) in [5.41, 5.74) is 0.986. The van der Waals surface area contributed by atoms with E-state index in [4.69, 9.17) is 9.47 Å². The van der Waals surface area contributed by atoms with E-state index in [1.54, 1.807) is 0 Å². The number of carbonyl (C=O) groups excluding carboxylic acids is 1. The van der Waals surface area contributed by atoms with Crippen molar-refractivity contribution in [2.75, 3.05) is 19.0 Å². The molecule has 4 rings (SSSR count). The van der Waals surface area contributed by atoms with E-state index in [9.17, 15) is 4.79 Å². The predicted octanol–water partition coefficient (Wildman–Crippen LogP) is 3.28. The second kappa shape index (κ2) is 8.86. The lowest BCUT2D eigenvalue weighted by Crippen LogP contribution is -2.28. The Hall–Kier alpha value is -2.22. The van der Waals surface area contributed by atoms with E-state index in [2.05, 4.69) is 20.5 Å². The molecule has 1 fully saturated rings. The third-order valence-electron chi connectivity index (χ3n) is 5.24. The molecule has 1 aliphatic heterocycles. The molecule has 1 saturated carbocycles. The predicted molar refractivity (Wildman–Crippen MR) is 107 cm³/mol. The molecule has 28 heavy (non-hydrogen) atoms. The van der Waals surface area contributed by atoms with Gasteiger partial charge in [0.25, 0.3) is 0 Å². The molecule has 0 radical (unpaired) electrons. The molecule has 2 heterocycles. The fourth-order valence-corrected chi connectivity index (χ4v) is 4.38. The fourth-order valence-electron chi connectivity index (χ4n) is 3.75. The lowest BCUT2D eigenvalue weighted by atomic mass is 10.0. The molecule has 1 amide bonds. The zero-order chi connectivity index (χ0) is 19.3. The van der Waals surface area contributed by atoms with Crippen molar-refractivity contribution in [2.45, 2.75) is 50.2 Å². The average Bonchev–Trinajstić information content (AvgIpc) is 3.38. The van der Waals surface area contributed by atoms with Crippen molar-refractivity contribution in [1.82, 2.24) is 20.5 Å². The molecule has 1 aromatic carbocycles. The van der Waals surface area contributed by atoms with Gasteiger partial charge in [-0.15, -0.1) is 5.10 Å². The minimum absolute atomic E-state index is 0.0467. The summed E-state index contributed by atoms with van der Waals surface area (Å²) < 4.78 is 11.2. The molecular weight excluding hydrogens is 376 g/mol. The van der Waals surface area contributed by atoms with Gasteiger partial charge in [-0.2, -0.15) is 0 Å². The van der Waals surface area contributed by atoms with E-state index in [1.165, 1.54) is 37.4 Å². The van der Waals surface area contributed by atoms with Crippen LogP contribution in [0.4, 0.5) is 0 Å². The quantitative estimate of drug-likeness (QED) is 0.691. The Morgan fingerprint density at radius 2 is 2.07 bits per heavy atom. The fraction of sp³-hybridized carbons (Fsp3) is 0.550. The molecule has 2 N–H and O–H groups in total. The Morgan fingerprint density at radius 3 is 2.89 bits per heavy atom. The second-order valence-electron chi connectivity index (χ2n) is 7.40. The number of fused-ring (bicyclic) bond motifs is 1. The molecule has 150 valence electrons. The molecular formula is C20H26N4O3S. The largest absolute Gasteiger partial charge is 0.486 e. The summed E-state index contributed by atoms with van der Waals surface area (Å²) in [6.45, 7) is 3.08. The normalized spacial score (nSPS) is 17.5. The maximum atomic E-state index is 12.3. The first kappa shape index (κ1) is 19.1. The van der Waals surface area contributed by atoms with E-state index in [0.717, 1.165) is 35.2 Å². The highest BCUT2D eigenvalue weighted by molar-refractivity contribution is 7.99. The van der Waals surface area contributed by atoms with Gasteiger partial charge in [-0.05, 0) is 30.5 Å². The standard InChI is InChI=1S/C20H26N4O3S/c1-13(15-6-7-16-17(11-15)27-9-8-26-16)21-19(25)12-28-20-22-18(23-24-20)10-14-4-2-3-5-14/h6-7,11,13-14H,2-5,8-10,12H2,1H3,(H,21,25)(H,22,23,24). The number of H-pyrrole nitrogens is 1. The number of hydrogen-bond donors (Lipinski definition) is 2. The molecule has 7 nitrogen and oxygen atoms in total. The van der Waals surface area contributed by atoms with Crippen molar-refractivity contribution in [3.8, 4) is 11.5 Å². The Bertz CT molecular complexity index is 820. The van der Waals surface area contributed by atoms with Crippen molar-refractivity contribution in [2.24, 2.45) is 5.92 Å². The number of carbonyl (C=O) groups is 1. The van der Waals surface area contributed by atoms with Crippen LogP contribution in [0.3, 0.4) is 0 Å². The van der Waals surface area contributed by atoms with E-state index in [1.807, 2.05) is 25.1 Å². The van der Waals surface area contributed by atoms with Gasteiger partial charge in [0.2, 0.25) is 11.1 Å². The lowest BCUT2D eigenvalue weighted by molar-refractivity contribution is -0.119. The van der Waals surface area contributed by atoms with Gasteiger partial charge in [0.05, 0.1) is 11.8 Å². The third-order valence-corrected chi connectivity index (χ3v) is 6.09. The molecule has 8 heteroatoms. The molecule has 1 unspecified atom stereocenters. The van der Waals surface area contributed by atoms with Crippen molar-refractivity contribution < 1.29 is 14.3 Å². The number of nitrogens with zero attached hydrogens (tertiary/aromatic N) is 2. The third kappa shape index (κ3) is 4.79. The van der Waals surface area contributed by atoms with Gasteiger partial charge in [-0.25, -0.2) is 4.98 Å². The minimum Gasteiger partial charge on any atom is -0.486 e. The van der Waals surface area contributed by atoms with Crippen LogP contribution in [0.15, 0.2) is 23.4 Å². The average molecular weight is 403 g/mol. The van der Waals surface area contributed by atoms with E-state index >= 15 is 0 Å². The maximum Gasteiger partial charge on any atom is 0.230 e. The van der Waals surface area contributed by atoms with Gasteiger partial charge in [0.1, 0.15) is 19.0 Å². The van der Waals surface area contributed by atoms with Crippen LogP contribution < -0.4 is 14.8 Å². The topological polar surface area (TPSA) is 89.1 Å². The van der Waals surface area contributed by atoms with Crippen molar-refractivity contribution in [3.63, 3.8) is 0 Å². The summed E-state index contributed by atoms with van der Waals surface area (Å²) in [5.74, 6) is 3.38. The van der Waals surface area contributed by atoms with Crippen LogP contribution in [0, 0.1) is 5.92 Å². The number of amides is 1. The summed E-state index contributed by atoms with van der Waals surface area (Å²) in [4.78, 5) is 16.8. The first-order valence-electron chi connectivity index (χ1n) is 9.90. The Morgan fingerprint density at radius 1 is 1.29 bits per heavy atom. The monoisotopic (exact) mass is 402 g/mol. The maximum absolute atomic E-state index is 12.3. The number of benzene rings is 1. The van der Waals surface area contributed by atoms with E-state index in [0.29, 0.717) is 18.4 Å². The summed E-state index contributed by atoms with van der Waals surface area (Å²) in [7, 11) is 0. The van der Waals surface area contributed by atoms with Gasteiger partial charge in [0.15, 0.2) is 11.5 Å². The van der Waals surface area contributed by atoms with Crippen molar-refractivity contribution in [1.29, 1.82) is 0 Å². The minimum atomic E-state index is -0.117. The number of rotatable bonds is 7. The second-order valence-corrected chi connectivity index (χ2v) is 8.34. The van der Waals surface area contributed by atoms with Gasteiger partial charge >= 0.3 is 0 Å². The number of aromatic nitrogens is 3. The van der Waals surface area contributed by atoms with E-state index in [-0.39, 0.29) is 17.7 Å². The van der Waals surface area contributed by atoms with Crippen LogP contribution in [0.1, 0.15) is 50.0 Å². The Labute approximate surface area is 169 Å². The number of hydrogen-bond acceptors (Lipinski definition) is 6. The Balaban J connectivity index is 1.25. The zero-order valence-electron chi connectivity index (χ0n) is 16.1. The highest BCUT2D eigenvalue weighted by atomic mass is 32.2. The first-order valence-corrected chi connectivity index (χ1v) is 10.9. The highest BCUT2D eigenvalue weighted by Crippen LogP contribution is 2.32. The molecule has 2 aromatic rings. The molecule has 0 saturated heterocycles. The molecule has 2 aliphatic rings. The Kier molecular flexibility index (Phi) is 6.04. The summed E-state index contributed by atoms with van der Waals surface area (Å²) in [6, 6.07) is 5.66. The number of thioether (sulfide) groups is 1. The summed E-state index contributed by atoms with van der Waals surface area (Å²) in [6.07, 6.45) is 6.16. The SMILES string of the molecule is CC(NC(=O)CSc1n[nH]c(CC2CCCC2)n1)c1ccc2c(c1)OCCO2. The summed E-state index contributed by atoms with van der Waals surface area (Å²) in [5, 5.41) is 10.9. The smallest absolute Gasteiger partial charge is 0.230 e. The molecule has 1 atom stereocenters. The molecule has 1 aliphatic carbocycles. The first-order chi connectivity index (χ1) is 13.7. The van der Waals surface area contributed by atoms with Crippen LogP contribution in [0.2, 0.25) is 0 Å². The van der Waals surface area contributed by atoms with Gasteiger partial charge < -0.3 is 14.8 Å². The van der Waals surface area contributed by atoms with Crippen LogP contribution in [-0.2, 0) is 11.2 Å². The molecule has 1 aromatic heterocycles. The van der Waals surface area contributed by atoms with Crippen LogP contribution in [0.25, 0.3) is 0 Å². The van der Waals surface area contributed by atoms with Gasteiger partial charge in [0, 0.05) is 6.42 Å². The van der Waals surface area contributed by atoms with Gasteiger partial charge in [-0.3, -0.25) is 9.89 Å². The molecule has 0 spiro atoms. The van der Waals surface area contributed by atoms with Gasteiger partial charge in [-0.1, -0.05) is 43.5 Å². The van der Waals surface area contributed by atoms with Crippen LogP contribution in [0.5, 0.6) is 11.5 Å². The summed E-state index contributed by atoms with van der Waals surface area (Å²) >= 11 is 1.36. The van der Waals surface area contributed by atoms with Crippen LogP contribution in [-0.4, -0.2) is 40.1 Å². The lowest BCUT2D eigenvalue weighted by Gasteiger charge is -2.21. The zero-order valence-corrected chi connectivity index (χ0v) is 16.9. The van der Waals surface area contributed by atoms with Crippen LogP contribution >= 0.6 is 11.8 Å².